The molecule has 1 aromatic carbocycles. The van der Waals surface area contributed by atoms with Gasteiger partial charge in [-0.1, -0.05) is 23.7 Å². The van der Waals surface area contributed by atoms with Crippen LogP contribution in [0.4, 0.5) is 0 Å². The van der Waals surface area contributed by atoms with Crippen LogP contribution < -0.4 is 5.32 Å². The van der Waals surface area contributed by atoms with Crippen molar-refractivity contribution in [2.45, 2.75) is 50.9 Å². The summed E-state index contributed by atoms with van der Waals surface area (Å²) < 4.78 is 16.0. The number of benzene rings is 1. The summed E-state index contributed by atoms with van der Waals surface area (Å²) in [7, 11) is 1.32. The zero-order chi connectivity index (χ0) is 18.9. The summed E-state index contributed by atoms with van der Waals surface area (Å²) >= 11 is 5.91. The highest BCUT2D eigenvalue weighted by atomic mass is 35.5. The van der Waals surface area contributed by atoms with Crippen molar-refractivity contribution in [2.24, 2.45) is 0 Å². The minimum absolute atomic E-state index is 0.0301. The zero-order valence-corrected chi connectivity index (χ0v) is 16.0. The molecule has 3 atom stereocenters. The molecule has 0 spiro atoms. The van der Waals surface area contributed by atoms with Crippen LogP contribution in [0.1, 0.15) is 44.2 Å². The number of amides is 1. The van der Waals surface area contributed by atoms with E-state index < -0.39 is 18.1 Å². The van der Waals surface area contributed by atoms with Crippen LogP contribution in [0.3, 0.4) is 0 Å². The number of hydrogen-bond acceptors (Lipinski definition) is 5. The Morgan fingerprint density at radius 1 is 1.31 bits per heavy atom. The van der Waals surface area contributed by atoms with Gasteiger partial charge in [0.25, 0.3) is 0 Å². The van der Waals surface area contributed by atoms with Crippen LogP contribution in [0.5, 0.6) is 0 Å². The molecule has 1 aliphatic heterocycles. The molecule has 26 heavy (non-hydrogen) atoms. The summed E-state index contributed by atoms with van der Waals surface area (Å²) in [4.78, 5) is 24.2. The van der Waals surface area contributed by atoms with Gasteiger partial charge in [-0.15, -0.1) is 0 Å². The number of nitrogens with one attached hydrogen (secondary N) is 1. The van der Waals surface area contributed by atoms with E-state index in [1.54, 1.807) is 31.2 Å². The molecule has 7 heteroatoms. The molecule has 1 amide bonds. The van der Waals surface area contributed by atoms with Crippen molar-refractivity contribution in [1.29, 1.82) is 0 Å². The summed E-state index contributed by atoms with van der Waals surface area (Å²) in [6.45, 7) is 2.82. The Labute approximate surface area is 159 Å². The molecule has 1 saturated heterocycles. The van der Waals surface area contributed by atoms with Gasteiger partial charge in [-0.3, -0.25) is 9.59 Å². The number of hydrogen-bond donors (Lipinski definition) is 1. The molecule has 1 aliphatic rings. The van der Waals surface area contributed by atoms with Crippen molar-refractivity contribution in [3.63, 3.8) is 0 Å². The summed E-state index contributed by atoms with van der Waals surface area (Å²) in [5, 5.41) is 3.44. The average molecular weight is 384 g/mol. The van der Waals surface area contributed by atoms with E-state index in [0.717, 1.165) is 31.4 Å². The zero-order valence-electron chi connectivity index (χ0n) is 15.2. The van der Waals surface area contributed by atoms with Crippen LogP contribution in [0.15, 0.2) is 24.3 Å². The average Bonchev–Trinajstić information content (AvgIpc) is 2.66. The molecule has 0 saturated carbocycles. The first-order valence-corrected chi connectivity index (χ1v) is 9.23. The second-order valence-electron chi connectivity index (χ2n) is 6.36. The van der Waals surface area contributed by atoms with Crippen molar-refractivity contribution in [1.82, 2.24) is 5.32 Å². The van der Waals surface area contributed by atoms with Crippen molar-refractivity contribution in [3.8, 4) is 0 Å². The lowest BCUT2D eigenvalue weighted by Gasteiger charge is -2.25. The lowest BCUT2D eigenvalue weighted by Crippen LogP contribution is -2.39. The van der Waals surface area contributed by atoms with Gasteiger partial charge in [-0.25, -0.2) is 0 Å². The predicted octanol–water partition coefficient (Wildman–Crippen LogP) is 3.03. The van der Waals surface area contributed by atoms with E-state index in [1.807, 2.05) is 0 Å². The lowest BCUT2D eigenvalue weighted by atomic mass is 10.0. The van der Waals surface area contributed by atoms with Gasteiger partial charge in [0.15, 0.2) is 0 Å². The van der Waals surface area contributed by atoms with Gasteiger partial charge >= 0.3 is 5.97 Å². The maximum atomic E-state index is 12.5. The second-order valence-corrected chi connectivity index (χ2v) is 6.79. The van der Waals surface area contributed by atoms with E-state index in [2.05, 4.69) is 5.32 Å². The monoisotopic (exact) mass is 383 g/mol. The van der Waals surface area contributed by atoms with Crippen LogP contribution >= 0.6 is 11.6 Å². The topological polar surface area (TPSA) is 73.9 Å². The summed E-state index contributed by atoms with van der Waals surface area (Å²) in [5.41, 5.74) is 0.774. The largest absolute Gasteiger partial charge is 0.469 e. The van der Waals surface area contributed by atoms with Gasteiger partial charge in [0.1, 0.15) is 6.10 Å². The van der Waals surface area contributed by atoms with Crippen LogP contribution in [-0.4, -0.2) is 44.4 Å². The molecule has 1 fully saturated rings. The van der Waals surface area contributed by atoms with E-state index in [-0.39, 0.29) is 18.4 Å². The lowest BCUT2D eigenvalue weighted by molar-refractivity contribution is -0.142. The number of carbonyl (C=O) groups is 2. The standard InChI is InChI=1S/C19H26ClNO5/c1-13(26-12-16-5-3-4-10-25-16)19(23)21-17(11-18(22)24-2)14-6-8-15(20)9-7-14/h6-9,13,16-17H,3-5,10-12H2,1-2H3,(H,21,23). The van der Waals surface area contributed by atoms with Crippen LogP contribution in [0.2, 0.25) is 5.02 Å². The fourth-order valence-electron chi connectivity index (χ4n) is 2.75. The number of carbonyl (C=O) groups excluding carboxylic acids is 2. The first kappa shape index (κ1) is 20.7. The molecule has 0 aromatic heterocycles. The maximum absolute atomic E-state index is 12.5. The van der Waals surface area contributed by atoms with E-state index in [4.69, 9.17) is 25.8 Å². The first-order chi connectivity index (χ1) is 12.5. The third-order valence-electron chi connectivity index (χ3n) is 4.36. The van der Waals surface area contributed by atoms with Crippen LogP contribution in [0, 0.1) is 0 Å². The fourth-order valence-corrected chi connectivity index (χ4v) is 2.88. The number of rotatable bonds is 8. The molecule has 1 heterocycles. The summed E-state index contributed by atoms with van der Waals surface area (Å²) in [6, 6.07) is 6.47. The summed E-state index contributed by atoms with van der Waals surface area (Å²) in [5.74, 6) is -0.695. The Kier molecular flexibility index (Phi) is 8.35. The minimum Gasteiger partial charge on any atom is -0.469 e. The minimum atomic E-state index is -0.645. The molecule has 6 nitrogen and oxygen atoms in total. The molecule has 144 valence electrons. The normalized spacial score (nSPS) is 19.4. The Morgan fingerprint density at radius 3 is 2.65 bits per heavy atom. The fraction of sp³-hybridized carbons (Fsp3) is 0.579. The summed E-state index contributed by atoms with van der Waals surface area (Å²) in [6.07, 6.45) is 2.57. The van der Waals surface area contributed by atoms with Gasteiger partial charge in [0.05, 0.1) is 32.3 Å². The molecule has 0 bridgehead atoms. The predicted molar refractivity (Wildman–Crippen MR) is 98.0 cm³/mol. The SMILES string of the molecule is COC(=O)CC(NC(=O)C(C)OCC1CCCCO1)c1ccc(Cl)cc1. The molecule has 0 radical (unpaired) electrons. The van der Waals surface area contributed by atoms with Crippen molar-refractivity contribution >= 4 is 23.5 Å². The van der Waals surface area contributed by atoms with E-state index in [0.29, 0.717) is 11.6 Å². The van der Waals surface area contributed by atoms with Crippen molar-refractivity contribution in [2.75, 3.05) is 20.3 Å². The third kappa shape index (κ3) is 6.59. The molecular weight excluding hydrogens is 358 g/mol. The number of esters is 1. The second kappa shape index (κ2) is 10.5. The van der Waals surface area contributed by atoms with E-state index in [9.17, 15) is 9.59 Å². The highest BCUT2D eigenvalue weighted by Crippen LogP contribution is 2.20. The van der Waals surface area contributed by atoms with Gasteiger partial charge < -0.3 is 19.5 Å². The molecule has 1 aromatic rings. The Hall–Kier alpha value is -1.63. The molecule has 2 rings (SSSR count). The number of ether oxygens (including phenoxy) is 3. The molecule has 3 unspecified atom stereocenters. The van der Waals surface area contributed by atoms with Gasteiger partial charge in [0.2, 0.25) is 5.91 Å². The van der Waals surface area contributed by atoms with E-state index in [1.165, 1.54) is 7.11 Å². The van der Waals surface area contributed by atoms with Gasteiger partial charge in [0, 0.05) is 11.6 Å². The first-order valence-electron chi connectivity index (χ1n) is 8.85. The van der Waals surface area contributed by atoms with E-state index >= 15 is 0 Å². The smallest absolute Gasteiger partial charge is 0.307 e. The van der Waals surface area contributed by atoms with Crippen molar-refractivity contribution in [3.05, 3.63) is 34.9 Å². The van der Waals surface area contributed by atoms with Crippen LogP contribution in [-0.2, 0) is 23.8 Å². The van der Waals surface area contributed by atoms with Crippen LogP contribution in [0.25, 0.3) is 0 Å². The number of halogens is 1. The Balaban J connectivity index is 1.93. The Bertz CT molecular complexity index is 586. The number of methoxy groups -OCH3 is 1. The maximum Gasteiger partial charge on any atom is 0.307 e. The highest BCUT2D eigenvalue weighted by molar-refractivity contribution is 6.30. The van der Waals surface area contributed by atoms with Gasteiger partial charge in [-0.05, 0) is 43.9 Å². The van der Waals surface area contributed by atoms with Crippen molar-refractivity contribution < 1.29 is 23.8 Å². The highest BCUT2D eigenvalue weighted by Gasteiger charge is 2.23. The quantitative estimate of drug-likeness (QED) is 0.698. The third-order valence-corrected chi connectivity index (χ3v) is 4.61. The molecule has 1 N–H and O–H groups in total. The van der Waals surface area contributed by atoms with Gasteiger partial charge in [-0.2, -0.15) is 0 Å². The molecular formula is C19H26ClNO5. The molecule has 0 aliphatic carbocycles. The Morgan fingerprint density at radius 2 is 2.04 bits per heavy atom.